The lowest BCUT2D eigenvalue weighted by Crippen LogP contribution is -2.38. The number of nitrogens with zero attached hydrogens (tertiary/aromatic N) is 1. The van der Waals surface area contributed by atoms with E-state index in [1.165, 1.54) is 0 Å². The summed E-state index contributed by atoms with van der Waals surface area (Å²) in [6.45, 7) is 9.53. The van der Waals surface area contributed by atoms with Crippen molar-refractivity contribution in [2.24, 2.45) is 0 Å². The number of aliphatic hydroxyl groups is 2. The number of benzene rings is 3. The predicted octanol–water partition coefficient (Wildman–Crippen LogP) is 5.46. The van der Waals surface area contributed by atoms with E-state index in [1.54, 1.807) is 36.4 Å². The minimum Gasteiger partial charge on any atom is -0.424 e. The van der Waals surface area contributed by atoms with E-state index in [-0.39, 0.29) is 12.5 Å². The van der Waals surface area contributed by atoms with Crippen molar-refractivity contribution in [2.75, 3.05) is 6.54 Å². The molecule has 186 valence electrons. The average molecular weight is 476 g/mol. The molecule has 0 aliphatic carbocycles. The fraction of sp³-hybridized carbons (Fsp3) is 0.367. The Labute approximate surface area is 209 Å². The first kappa shape index (κ1) is 26.6. The third-order valence-corrected chi connectivity index (χ3v) is 6.39. The molecule has 0 fully saturated rings. The zero-order chi connectivity index (χ0) is 25.4. The van der Waals surface area contributed by atoms with E-state index in [1.807, 2.05) is 30.3 Å². The highest BCUT2D eigenvalue weighted by Crippen LogP contribution is 2.36. The van der Waals surface area contributed by atoms with Crippen LogP contribution in [0.1, 0.15) is 68.4 Å². The molecule has 3 rings (SSSR count). The summed E-state index contributed by atoms with van der Waals surface area (Å²) in [7, 11) is 0. The molecule has 0 heterocycles. The van der Waals surface area contributed by atoms with Crippen molar-refractivity contribution in [2.45, 2.75) is 64.8 Å². The molecule has 5 nitrogen and oxygen atoms in total. The first-order valence-electron chi connectivity index (χ1n) is 12.3. The van der Waals surface area contributed by atoms with Crippen LogP contribution in [0.25, 0.3) is 0 Å². The average Bonchev–Trinajstić information content (AvgIpc) is 2.87. The minimum atomic E-state index is -1.38. The molecule has 5 heteroatoms. The minimum absolute atomic E-state index is 0.0561. The molecule has 0 radical (unpaired) electrons. The molecule has 35 heavy (non-hydrogen) atoms. The van der Waals surface area contributed by atoms with Gasteiger partial charge >= 0.3 is 5.97 Å². The van der Waals surface area contributed by atoms with Gasteiger partial charge in [0.25, 0.3) is 0 Å². The Morgan fingerprint density at radius 1 is 0.857 bits per heavy atom. The van der Waals surface area contributed by atoms with Gasteiger partial charge in [-0.3, -0.25) is 4.90 Å². The van der Waals surface area contributed by atoms with Gasteiger partial charge in [-0.05, 0) is 69.5 Å². The maximum atomic E-state index is 12.9. The summed E-state index contributed by atoms with van der Waals surface area (Å²) in [4.78, 5) is 15.3. The highest BCUT2D eigenvalue weighted by Gasteiger charge is 2.25. The van der Waals surface area contributed by atoms with Gasteiger partial charge in [0.05, 0.1) is 6.61 Å². The number of carbonyl (C=O) groups excluding carboxylic acids is 1. The molecule has 0 saturated heterocycles. The number of rotatable bonds is 11. The largest absolute Gasteiger partial charge is 0.424 e. The number of carbonyl (C=O) groups is 1. The molecule has 0 saturated carbocycles. The summed E-state index contributed by atoms with van der Waals surface area (Å²) in [5.41, 5.74) is 3.16. The third kappa shape index (κ3) is 7.01. The quantitative estimate of drug-likeness (QED) is 0.285. The number of esters is 1. The fourth-order valence-corrected chi connectivity index (χ4v) is 4.58. The summed E-state index contributed by atoms with van der Waals surface area (Å²) in [6.07, 6.45) is -0.574. The smallest absolute Gasteiger partial charge is 0.345 e. The Kier molecular flexibility index (Phi) is 9.61. The van der Waals surface area contributed by atoms with Crippen molar-refractivity contribution < 1.29 is 19.7 Å². The molecule has 0 aromatic heterocycles. The van der Waals surface area contributed by atoms with E-state index in [2.05, 4.69) is 44.7 Å². The van der Waals surface area contributed by atoms with Crippen molar-refractivity contribution in [3.63, 3.8) is 0 Å². The van der Waals surface area contributed by atoms with Crippen molar-refractivity contribution in [3.05, 3.63) is 101 Å². The standard InChI is InChI=1S/C30H37NO4/c1-21(2)31(22(3)4)18-17-26(24-11-7-5-8-12-24)27-19-23(20-32)15-16-28(27)35-30(34)29(33)25-13-9-6-10-14-25/h5-16,19,21-22,26,29,32-33H,17-18,20H2,1-4H3/t26-,29+/m1/s1. The summed E-state index contributed by atoms with van der Waals surface area (Å²) < 4.78 is 5.78. The highest BCUT2D eigenvalue weighted by molar-refractivity contribution is 5.79. The second kappa shape index (κ2) is 12.6. The van der Waals surface area contributed by atoms with E-state index in [0.29, 0.717) is 23.4 Å². The van der Waals surface area contributed by atoms with E-state index in [0.717, 1.165) is 29.7 Å². The second-order valence-electron chi connectivity index (χ2n) is 9.44. The lowest BCUT2D eigenvalue weighted by Gasteiger charge is -2.32. The fourth-order valence-electron chi connectivity index (χ4n) is 4.58. The van der Waals surface area contributed by atoms with Crippen molar-refractivity contribution in [1.82, 2.24) is 4.90 Å². The van der Waals surface area contributed by atoms with Crippen LogP contribution >= 0.6 is 0 Å². The molecule has 0 spiro atoms. The van der Waals surface area contributed by atoms with Gasteiger partial charge in [0.15, 0.2) is 6.10 Å². The van der Waals surface area contributed by atoms with Gasteiger partial charge in [0, 0.05) is 23.6 Å². The lowest BCUT2D eigenvalue weighted by molar-refractivity contribution is -0.144. The maximum Gasteiger partial charge on any atom is 0.345 e. The Morgan fingerprint density at radius 2 is 1.43 bits per heavy atom. The van der Waals surface area contributed by atoms with Gasteiger partial charge in [0.1, 0.15) is 5.75 Å². The van der Waals surface area contributed by atoms with Crippen LogP contribution in [0.2, 0.25) is 0 Å². The van der Waals surface area contributed by atoms with Crippen molar-refractivity contribution in [1.29, 1.82) is 0 Å². The Bertz CT molecular complexity index is 1060. The normalized spacial score (nSPS) is 13.3. The summed E-state index contributed by atoms with van der Waals surface area (Å²) >= 11 is 0. The van der Waals surface area contributed by atoms with E-state index < -0.39 is 12.1 Å². The molecular formula is C30H37NO4. The summed E-state index contributed by atoms with van der Waals surface area (Å²) in [6, 6.07) is 25.1. The highest BCUT2D eigenvalue weighted by atomic mass is 16.5. The van der Waals surface area contributed by atoms with Crippen molar-refractivity contribution in [3.8, 4) is 5.75 Å². The zero-order valence-corrected chi connectivity index (χ0v) is 21.1. The Hall–Kier alpha value is -2.99. The van der Waals surface area contributed by atoms with Gasteiger partial charge in [-0.2, -0.15) is 0 Å². The van der Waals surface area contributed by atoms with Crippen LogP contribution in [0, 0.1) is 0 Å². The number of hydrogen-bond donors (Lipinski definition) is 2. The Morgan fingerprint density at radius 3 is 1.97 bits per heavy atom. The summed E-state index contributed by atoms with van der Waals surface area (Å²) in [5, 5.41) is 20.4. The molecule has 0 bridgehead atoms. The van der Waals surface area contributed by atoms with Crippen LogP contribution in [-0.2, 0) is 11.4 Å². The molecule has 0 amide bonds. The van der Waals surface area contributed by atoms with Crippen LogP contribution < -0.4 is 4.74 Å². The summed E-state index contributed by atoms with van der Waals surface area (Å²) in [5.74, 6) is -0.386. The number of ether oxygens (including phenoxy) is 1. The molecule has 0 aliphatic heterocycles. The zero-order valence-electron chi connectivity index (χ0n) is 21.1. The first-order chi connectivity index (χ1) is 16.8. The van der Waals surface area contributed by atoms with Crippen LogP contribution in [0.15, 0.2) is 78.9 Å². The third-order valence-electron chi connectivity index (χ3n) is 6.39. The molecule has 2 atom stereocenters. The van der Waals surface area contributed by atoms with Crippen LogP contribution in [-0.4, -0.2) is 39.7 Å². The molecule has 3 aromatic rings. The molecule has 3 aromatic carbocycles. The SMILES string of the molecule is CC(C)N(CC[C@H](c1ccccc1)c1cc(CO)ccc1OC(=O)[C@@H](O)c1ccccc1)C(C)C. The monoisotopic (exact) mass is 475 g/mol. The Balaban J connectivity index is 1.97. The second-order valence-corrected chi connectivity index (χ2v) is 9.44. The maximum absolute atomic E-state index is 12.9. The van der Waals surface area contributed by atoms with Crippen molar-refractivity contribution >= 4 is 5.97 Å². The van der Waals surface area contributed by atoms with Gasteiger partial charge in [0.2, 0.25) is 0 Å². The van der Waals surface area contributed by atoms with Crippen LogP contribution in [0.5, 0.6) is 5.75 Å². The molecule has 2 N–H and O–H groups in total. The molecular weight excluding hydrogens is 438 g/mol. The van der Waals surface area contributed by atoms with Crippen LogP contribution in [0.4, 0.5) is 0 Å². The van der Waals surface area contributed by atoms with Gasteiger partial charge in [-0.1, -0.05) is 66.7 Å². The van der Waals surface area contributed by atoms with Crippen LogP contribution in [0.3, 0.4) is 0 Å². The van der Waals surface area contributed by atoms with Gasteiger partial charge < -0.3 is 14.9 Å². The molecule has 0 aliphatic rings. The molecule has 0 unspecified atom stereocenters. The number of aliphatic hydroxyl groups excluding tert-OH is 2. The predicted molar refractivity (Wildman–Crippen MR) is 139 cm³/mol. The topological polar surface area (TPSA) is 70.0 Å². The van der Waals surface area contributed by atoms with E-state index in [9.17, 15) is 15.0 Å². The first-order valence-corrected chi connectivity index (χ1v) is 12.3. The number of hydrogen-bond acceptors (Lipinski definition) is 5. The van der Waals surface area contributed by atoms with Gasteiger partial charge in [-0.25, -0.2) is 4.79 Å². The van der Waals surface area contributed by atoms with Gasteiger partial charge in [-0.15, -0.1) is 0 Å². The van der Waals surface area contributed by atoms with E-state index in [4.69, 9.17) is 4.74 Å². The van der Waals surface area contributed by atoms with E-state index >= 15 is 0 Å². The lowest BCUT2D eigenvalue weighted by atomic mass is 9.86.